The first-order valence-corrected chi connectivity index (χ1v) is 7.72. The Labute approximate surface area is 125 Å². The average Bonchev–Trinajstić information content (AvgIpc) is 2.51. The molecule has 0 aliphatic heterocycles. The summed E-state index contributed by atoms with van der Waals surface area (Å²) in [5.74, 6) is 1.39. The molecule has 0 radical (unpaired) electrons. The monoisotopic (exact) mass is 293 g/mol. The van der Waals surface area contributed by atoms with Crippen molar-refractivity contribution < 1.29 is 9.66 Å². The predicted molar refractivity (Wildman–Crippen MR) is 81.7 cm³/mol. The molecule has 21 heavy (non-hydrogen) atoms. The van der Waals surface area contributed by atoms with Crippen LogP contribution in [0.2, 0.25) is 0 Å². The molecule has 1 heterocycles. The van der Waals surface area contributed by atoms with E-state index in [9.17, 15) is 10.1 Å². The minimum Gasteiger partial charge on any atom is -0.477 e. The lowest BCUT2D eigenvalue weighted by Crippen LogP contribution is -2.16. The molecule has 0 spiro atoms. The Morgan fingerprint density at radius 3 is 2.81 bits per heavy atom. The summed E-state index contributed by atoms with van der Waals surface area (Å²) in [5.41, 5.74) is 0.0160. The van der Waals surface area contributed by atoms with E-state index in [4.69, 9.17) is 4.74 Å². The van der Waals surface area contributed by atoms with Crippen molar-refractivity contribution in [1.82, 2.24) is 4.98 Å². The van der Waals surface area contributed by atoms with Crippen LogP contribution in [0.15, 0.2) is 12.1 Å². The molecule has 1 aliphatic rings. The van der Waals surface area contributed by atoms with E-state index in [2.05, 4.69) is 10.3 Å². The molecule has 1 aromatic rings. The molecule has 1 aromatic heterocycles. The van der Waals surface area contributed by atoms with Gasteiger partial charge in [-0.3, -0.25) is 10.1 Å². The Morgan fingerprint density at radius 1 is 1.38 bits per heavy atom. The highest BCUT2D eigenvalue weighted by Crippen LogP contribution is 2.26. The highest BCUT2D eigenvalue weighted by Gasteiger charge is 2.16. The van der Waals surface area contributed by atoms with Crippen LogP contribution in [0.5, 0.6) is 5.88 Å². The van der Waals surface area contributed by atoms with E-state index in [0.29, 0.717) is 24.2 Å². The largest absolute Gasteiger partial charge is 0.477 e. The van der Waals surface area contributed by atoms with E-state index in [1.165, 1.54) is 44.2 Å². The number of hydrogen-bond acceptors (Lipinski definition) is 5. The second-order valence-corrected chi connectivity index (χ2v) is 5.55. The van der Waals surface area contributed by atoms with Gasteiger partial charge in [-0.2, -0.15) is 4.98 Å². The standard InChI is InChI=1S/C15H23N3O3/c1-2-8-16-14-9-13(18(19)20)10-15(17-14)21-11-12-6-4-3-5-7-12/h9-10,12H,2-8,11H2,1H3,(H,16,17). The highest BCUT2D eigenvalue weighted by atomic mass is 16.6. The number of aromatic nitrogens is 1. The van der Waals surface area contributed by atoms with Gasteiger partial charge in [0.15, 0.2) is 0 Å². The van der Waals surface area contributed by atoms with Crippen molar-refractivity contribution >= 4 is 11.5 Å². The third-order valence-electron chi connectivity index (χ3n) is 3.75. The van der Waals surface area contributed by atoms with Gasteiger partial charge in [0.05, 0.1) is 23.7 Å². The van der Waals surface area contributed by atoms with Crippen molar-refractivity contribution in [3.63, 3.8) is 0 Å². The fourth-order valence-electron chi connectivity index (χ4n) is 2.57. The van der Waals surface area contributed by atoms with E-state index < -0.39 is 4.92 Å². The van der Waals surface area contributed by atoms with Crippen LogP contribution in [0.1, 0.15) is 45.4 Å². The Balaban J connectivity index is 2.02. The van der Waals surface area contributed by atoms with Crippen molar-refractivity contribution in [2.75, 3.05) is 18.5 Å². The van der Waals surface area contributed by atoms with Gasteiger partial charge in [0.2, 0.25) is 5.88 Å². The van der Waals surface area contributed by atoms with E-state index in [1.54, 1.807) is 0 Å². The zero-order chi connectivity index (χ0) is 15.1. The van der Waals surface area contributed by atoms with Crippen molar-refractivity contribution in [2.45, 2.75) is 45.4 Å². The first-order valence-electron chi connectivity index (χ1n) is 7.72. The maximum atomic E-state index is 11.0. The molecule has 6 nitrogen and oxygen atoms in total. The Kier molecular flexibility index (Phi) is 5.78. The number of nitrogens with zero attached hydrogens (tertiary/aromatic N) is 2. The molecule has 0 amide bonds. The fourth-order valence-corrected chi connectivity index (χ4v) is 2.57. The number of anilines is 1. The van der Waals surface area contributed by atoms with Gasteiger partial charge in [-0.25, -0.2) is 0 Å². The summed E-state index contributed by atoms with van der Waals surface area (Å²) in [6, 6.07) is 2.85. The van der Waals surface area contributed by atoms with Gasteiger partial charge < -0.3 is 10.1 Å². The average molecular weight is 293 g/mol. The first-order chi connectivity index (χ1) is 10.2. The highest BCUT2D eigenvalue weighted by molar-refractivity contribution is 5.48. The lowest BCUT2D eigenvalue weighted by Gasteiger charge is -2.21. The molecular weight excluding hydrogens is 270 g/mol. The topological polar surface area (TPSA) is 77.3 Å². The number of ether oxygens (including phenoxy) is 1. The molecule has 1 aliphatic carbocycles. The van der Waals surface area contributed by atoms with Gasteiger partial charge in [-0.15, -0.1) is 0 Å². The van der Waals surface area contributed by atoms with E-state index in [0.717, 1.165) is 13.0 Å². The number of pyridine rings is 1. The SMILES string of the molecule is CCCNc1cc([N+](=O)[O-])cc(OCC2CCCCC2)n1. The third kappa shape index (κ3) is 4.88. The summed E-state index contributed by atoms with van der Waals surface area (Å²) in [6.45, 7) is 3.36. The van der Waals surface area contributed by atoms with E-state index >= 15 is 0 Å². The third-order valence-corrected chi connectivity index (χ3v) is 3.75. The molecule has 0 unspecified atom stereocenters. The van der Waals surface area contributed by atoms with Gasteiger partial charge in [0.25, 0.3) is 5.69 Å². The normalized spacial score (nSPS) is 15.7. The van der Waals surface area contributed by atoms with Gasteiger partial charge in [0.1, 0.15) is 5.82 Å². The summed E-state index contributed by atoms with van der Waals surface area (Å²) in [6.07, 6.45) is 7.09. The summed E-state index contributed by atoms with van der Waals surface area (Å²) < 4.78 is 5.70. The number of hydrogen-bond donors (Lipinski definition) is 1. The molecule has 1 fully saturated rings. The molecule has 0 bridgehead atoms. The summed E-state index contributed by atoms with van der Waals surface area (Å²) in [7, 11) is 0. The van der Waals surface area contributed by atoms with Gasteiger partial charge in [-0.1, -0.05) is 26.2 Å². The molecule has 0 saturated heterocycles. The number of nitrogens with one attached hydrogen (secondary N) is 1. The van der Waals surface area contributed by atoms with E-state index in [-0.39, 0.29) is 5.69 Å². The van der Waals surface area contributed by atoms with Crippen LogP contribution < -0.4 is 10.1 Å². The van der Waals surface area contributed by atoms with Crippen LogP contribution in [0.3, 0.4) is 0 Å². The molecule has 2 rings (SSSR count). The van der Waals surface area contributed by atoms with Crippen LogP contribution >= 0.6 is 0 Å². The zero-order valence-corrected chi connectivity index (χ0v) is 12.5. The quantitative estimate of drug-likeness (QED) is 0.611. The maximum Gasteiger partial charge on any atom is 0.278 e. The number of rotatable bonds is 7. The lowest BCUT2D eigenvalue weighted by atomic mass is 9.90. The van der Waals surface area contributed by atoms with Crippen molar-refractivity contribution in [1.29, 1.82) is 0 Å². The minimum absolute atomic E-state index is 0.0160. The molecule has 116 valence electrons. The predicted octanol–water partition coefficient (Wildman–Crippen LogP) is 3.77. The number of nitro groups is 1. The zero-order valence-electron chi connectivity index (χ0n) is 12.5. The van der Waals surface area contributed by atoms with Gasteiger partial charge in [0, 0.05) is 6.54 Å². The van der Waals surface area contributed by atoms with Crippen molar-refractivity contribution in [2.24, 2.45) is 5.92 Å². The fraction of sp³-hybridized carbons (Fsp3) is 0.667. The van der Waals surface area contributed by atoms with Crippen LogP contribution in [0.25, 0.3) is 0 Å². The molecular formula is C15H23N3O3. The van der Waals surface area contributed by atoms with Crippen LogP contribution in [-0.4, -0.2) is 23.1 Å². The van der Waals surface area contributed by atoms with Gasteiger partial charge in [-0.05, 0) is 25.2 Å². The second-order valence-electron chi connectivity index (χ2n) is 5.55. The van der Waals surface area contributed by atoms with Crippen LogP contribution in [0, 0.1) is 16.0 Å². The minimum atomic E-state index is -0.410. The summed E-state index contributed by atoms with van der Waals surface area (Å²) in [4.78, 5) is 14.9. The molecule has 0 atom stereocenters. The Bertz CT molecular complexity index is 473. The molecule has 6 heteroatoms. The van der Waals surface area contributed by atoms with Crippen LogP contribution in [0.4, 0.5) is 11.5 Å². The van der Waals surface area contributed by atoms with Crippen molar-refractivity contribution in [3.05, 3.63) is 22.2 Å². The van der Waals surface area contributed by atoms with Crippen LogP contribution in [-0.2, 0) is 0 Å². The first kappa shape index (κ1) is 15.5. The second kappa shape index (κ2) is 7.81. The summed E-state index contributed by atoms with van der Waals surface area (Å²) >= 11 is 0. The summed E-state index contributed by atoms with van der Waals surface area (Å²) in [5, 5.41) is 14.1. The van der Waals surface area contributed by atoms with E-state index in [1.807, 2.05) is 6.92 Å². The molecule has 0 aromatic carbocycles. The molecule has 1 N–H and O–H groups in total. The van der Waals surface area contributed by atoms with Crippen molar-refractivity contribution in [3.8, 4) is 5.88 Å². The molecule has 1 saturated carbocycles. The van der Waals surface area contributed by atoms with Gasteiger partial charge >= 0.3 is 0 Å². The maximum absolute atomic E-state index is 11.0. The lowest BCUT2D eigenvalue weighted by molar-refractivity contribution is -0.384. The smallest absolute Gasteiger partial charge is 0.278 e. The Hall–Kier alpha value is -1.85. The Morgan fingerprint density at radius 2 is 2.14 bits per heavy atom.